The van der Waals surface area contributed by atoms with Gasteiger partial charge >= 0.3 is 0 Å². The molecule has 0 aliphatic carbocycles. The molecule has 0 atom stereocenters. The first kappa shape index (κ1) is 16.0. The number of amides is 1. The van der Waals surface area contributed by atoms with Crippen LogP contribution in [0.25, 0.3) is 0 Å². The normalized spacial score (nSPS) is 14.3. The van der Waals surface area contributed by atoms with Gasteiger partial charge in [-0.25, -0.2) is 0 Å². The van der Waals surface area contributed by atoms with Crippen molar-refractivity contribution in [2.75, 3.05) is 32.8 Å². The summed E-state index contributed by atoms with van der Waals surface area (Å²) < 4.78 is 0. The van der Waals surface area contributed by atoms with Crippen LogP contribution in [0.5, 0.6) is 0 Å². The number of aliphatic hydroxyl groups excluding tert-OH is 1. The third kappa shape index (κ3) is 4.55. The predicted molar refractivity (Wildman–Crippen MR) is 84.0 cm³/mol. The number of rotatable bonds is 7. The fourth-order valence-corrected chi connectivity index (χ4v) is 2.79. The molecule has 0 bridgehead atoms. The van der Waals surface area contributed by atoms with Crippen LogP contribution in [-0.2, 0) is 17.8 Å². The topological polar surface area (TPSA) is 43.8 Å². The number of nitrogens with zero attached hydrogens (tertiary/aromatic N) is 2. The average molecular weight is 290 g/mol. The van der Waals surface area contributed by atoms with Crippen LogP contribution in [0.3, 0.4) is 0 Å². The molecule has 116 valence electrons. The Hall–Kier alpha value is -1.39. The van der Waals surface area contributed by atoms with Crippen LogP contribution in [0.4, 0.5) is 0 Å². The maximum Gasteiger partial charge on any atom is 0.237 e. The molecule has 4 heteroatoms. The van der Waals surface area contributed by atoms with E-state index >= 15 is 0 Å². The van der Waals surface area contributed by atoms with Crippen molar-refractivity contribution < 1.29 is 9.90 Å². The first-order valence-corrected chi connectivity index (χ1v) is 7.92. The summed E-state index contributed by atoms with van der Waals surface area (Å²) in [4.78, 5) is 16.5. The van der Waals surface area contributed by atoms with Crippen LogP contribution in [0.2, 0.25) is 0 Å². The van der Waals surface area contributed by atoms with E-state index in [0.717, 1.165) is 38.9 Å². The molecule has 2 rings (SSSR count). The second kappa shape index (κ2) is 8.15. The summed E-state index contributed by atoms with van der Waals surface area (Å²) in [7, 11) is 0. The predicted octanol–water partition coefficient (Wildman–Crippen LogP) is 1.67. The lowest BCUT2D eigenvalue weighted by atomic mass is 10.00. The van der Waals surface area contributed by atoms with E-state index in [1.165, 1.54) is 11.1 Å². The molecule has 0 fully saturated rings. The van der Waals surface area contributed by atoms with Crippen LogP contribution in [0.15, 0.2) is 24.3 Å². The Labute approximate surface area is 127 Å². The molecule has 0 radical (unpaired) electrons. The van der Waals surface area contributed by atoms with E-state index in [4.69, 9.17) is 5.11 Å². The zero-order chi connectivity index (χ0) is 15.1. The summed E-state index contributed by atoms with van der Waals surface area (Å²) in [5, 5.41) is 9.12. The van der Waals surface area contributed by atoms with E-state index < -0.39 is 0 Å². The van der Waals surface area contributed by atoms with Gasteiger partial charge in [-0.1, -0.05) is 37.6 Å². The molecule has 0 aromatic heterocycles. The zero-order valence-electron chi connectivity index (χ0n) is 12.9. The van der Waals surface area contributed by atoms with E-state index in [1.807, 2.05) is 11.0 Å². The Bertz CT molecular complexity index is 462. The monoisotopic (exact) mass is 290 g/mol. The Morgan fingerprint density at radius 1 is 1.29 bits per heavy atom. The quantitative estimate of drug-likeness (QED) is 0.830. The summed E-state index contributed by atoms with van der Waals surface area (Å²) in [5.41, 5.74) is 2.62. The average Bonchev–Trinajstić information content (AvgIpc) is 2.52. The molecule has 1 heterocycles. The maximum absolute atomic E-state index is 12.5. The number of hydrogen-bond donors (Lipinski definition) is 1. The van der Waals surface area contributed by atoms with Crippen molar-refractivity contribution in [2.45, 2.75) is 32.7 Å². The molecule has 1 N–H and O–H groups in total. The lowest BCUT2D eigenvalue weighted by molar-refractivity contribution is -0.133. The van der Waals surface area contributed by atoms with E-state index in [-0.39, 0.29) is 12.5 Å². The second-order valence-corrected chi connectivity index (χ2v) is 5.69. The molecule has 4 nitrogen and oxygen atoms in total. The second-order valence-electron chi connectivity index (χ2n) is 5.69. The van der Waals surface area contributed by atoms with Crippen molar-refractivity contribution in [3.8, 4) is 0 Å². The van der Waals surface area contributed by atoms with Gasteiger partial charge < -0.3 is 10.0 Å². The molecular weight excluding hydrogens is 264 g/mol. The highest BCUT2D eigenvalue weighted by Crippen LogP contribution is 2.18. The molecule has 0 saturated carbocycles. The summed E-state index contributed by atoms with van der Waals surface area (Å²) in [5.74, 6) is 0.175. The van der Waals surface area contributed by atoms with Gasteiger partial charge in [0.25, 0.3) is 0 Å². The van der Waals surface area contributed by atoms with Gasteiger partial charge in [0.2, 0.25) is 5.91 Å². The molecular formula is C17H26N2O2. The van der Waals surface area contributed by atoms with Gasteiger partial charge in [0, 0.05) is 19.6 Å². The standard InChI is InChI=1S/C17H26N2O2/c1-2-3-9-18(11-12-20)14-17(21)19-10-8-15-6-4-5-7-16(15)13-19/h4-7,20H,2-3,8-14H2,1H3. The Balaban J connectivity index is 1.91. The van der Waals surface area contributed by atoms with Crippen molar-refractivity contribution in [1.29, 1.82) is 0 Å². The lowest BCUT2D eigenvalue weighted by Gasteiger charge is -2.31. The number of carbonyl (C=O) groups is 1. The Morgan fingerprint density at radius 2 is 2.05 bits per heavy atom. The van der Waals surface area contributed by atoms with Gasteiger partial charge in [0.05, 0.1) is 13.2 Å². The summed E-state index contributed by atoms with van der Waals surface area (Å²) in [6, 6.07) is 8.35. The smallest absolute Gasteiger partial charge is 0.237 e. The first-order valence-electron chi connectivity index (χ1n) is 7.92. The third-order valence-electron chi connectivity index (χ3n) is 4.09. The van der Waals surface area contributed by atoms with E-state index in [2.05, 4.69) is 30.0 Å². The van der Waals surface area contributed by atoms with E-state index in [0.29, 0.717) is 13.1 Å². The van der Waals surface area contributed by atoms with E-state index in [9.17, 15) is 4.79 Å². The Morgan fingerprint density at radius 3 is 2.76 bits per heavy atom. The fourth-order valence-electron chi connectivity index (χ4n) is 2.79. The van der Waals surface area contributed by atoms with Gasteiger partial charge in [0.1, 0.15) is 0 Å². The van der Waals surface area contributed by atoms with Crippen molar-refractivity contribution in [1.82, 2.24) is 9.80 Å². The lowest BCUT2D eigenvalue weighted by Crippen LogP contribution is -2.43. The Kier molecular flexibility index (Phi) is 6.21. The highest BCUT2D eigenvalue weighted by atomic mass is 16.3. The number of fused-ring (bicyclic) bond motifs is 1. The minimum absolute atomic E-state index is 0.111. The van der Waals surface area contributed by atoms with Gasteiger partial charge in [-0.2, -0.15) is 0 Å². The van der Waals surface area contributed by atoms with Crippen molar-refractivity contribution in [3.05, 3.63) is 35.4 Å². The van der Waals surface area contributed by atoms with Crippen molar-refractivity contribution in [3.63, 3.8) is 0 Å². The van der Waals surface area contributed by atoms with Crippen molar-refractivity contribution >= 4 is 5.91 Å². The molecule has 1 aromatic carbocycles. The fraction of sp³-hybridized carbons (Fsp3) is 0.588. The van der Waals surface area contributed by atoms with Crippen molar-refractivity contribution in [2.24, 2.45) is 0 Å². The van der Waals surface area contributed by atoms with Crippen LogP contribution in [0, 0.1) is 0 Å². The summed E-state index contributed by atoms with van der Waals surface area (Å²) in [6.45, 7) is 5.65. The molecule has 0 spiro atoms. The molecule has 1 aliphatic heterocycles. The highest BCUT2D eigenvalue weighted by Gasteiger charge is 2.21. The number of unbranched alkanes of at least 4 members (excludes halogenated alkanes) is 1. The molecule has 1 amide bonds. The van der Waals surface area contributed by atoms with Gasteiger partial charge in [-0.05, 0) is 30.5 Å². The molecule has 0 saturated heterocycles. The largest absolute Gasteiger partial charge is 0.395 e. The third-order valence-corrected chi connectivity index (χ3v) is 4.09. The number of hydrogen-bond acceptors (Lipinski definition) is 3. The zero-order valence-corrected chi connectivity index (χ0v) is 12.9. The highest BCUT2D eigenvalue weighted by molar-refractivity contribution is 5.78. The minimum Gasteiger partial charge on any atom is -0.395 e. The van der Waals surface area contributed by atoms with Crippen LogP contribution in [-0.4, -0.2) is 53.6 Å². The van der Waals surface area contributed by atoms with Gasteiger partial charge in [-0.15, -0.1) is 0 Å². The number of benzene rings is 1. The van der Waals surface area contributed by atoms with Gasteiger partial charge in [0.15, 0.2) is 0 Å². The first-order chi connectivity index (χ1) is 10.2. The van der Waals surface area contributed by atoms with E-state index in [1.54, 1.807) is 0 Å². The van der Waals surface area contributed by atoms with Crippen LogP contribution < -0.4 is 0 Å². The SMILES string of the molecule is CCCCN(CCO)CC(=O)N1CCc2ccccc2C1. The molecule has 0 unspecified atom stereocenters. The molecule has 1 aliphatic rings. The summed E-state index contributed by atoms with van der Waals surface area (Å²) in [6.07, 6.45) is 3.11. The van der Waals surface area contributed by atoms with Crippen LogP contribution >= 0.6 is 0 Å². The van der Waals surface area contributed by atoms with Gasteiger partial charge in [-0.3, -0.25) is 9.69 Å². The summed E-state index contributed by atoms with van der Waals surface area (Å²) >= 11 is 0. The minimum atomic E-state index is 0.111. The number of aliphatic hydroxyl groups is 1. The molecule has 21 heavy (non-hydrogen) atoms. The number of carbonyl (C=O) groups excluding carboxylic acids is 1. The molecule has 1 aromatic rings. The maximum atomic E-state index is 12.5. The van der Waals surface area contributed by atoms with Crippen LogP contribution in [0.1, 0.15) is 30.9 Å².